The van der Waals surface area contributed by atoms with Crippen LogP contribution in [-0.2, 0) is 11.3 Å². The van der Waals surface area contributed by atoms with Crippen molar-refractivity contribution >= 4 is 23.7 Å². The highest BCUT2D eigenvalue weighted by molar-refractivity contribution is 6.09. The first-order valence-electron chi connectivity index (χ1n) is 6.75. The molecule has 1 aromatic heterocycles. The zero-order valence-electron chi connectivity index (χ0n) is 12.6. The SMILES string of the molecule is CC(=O)c1c(C)oc(NC(=O)OCc2ccccc2)c1C(=O)O. The van der Waals surface area contributed by atoms with Gasteiger partial charge in [-0.1, -0.05) is 30.3 Å². The normalized spacial score (nSPS) is 10.2. The number of anilines is 1. The number of hydrogen-bond acceptors (Lipinski definition) is 5. The van der Waals surface area contributed by atoms with E-state index in [-0.39, 0.29) is 29.4 Å². The number of rotatable bonds is 5. The first kappa shape index (κ1) is 16.3. The molecule has 0 unspecified atom stereocenters. The lowest BCUT2D eigenvalue weighted by molar-refractivity contribution is 0.0693. The minimum Gasteiger partial charge on any atom is -0.477 e. The molecule has 0 aliphatic carbocycles. The van der Waals surface area contributed by atoms with E-state index in [0.717, 1.165) is 5.56 Å². The smallest absolute Gasteiger partial charge is 0.414 e. The average molecular weight is 317 g/mol. The fourth-order valence-electron chi connectivity index (χ4n) is 2.11. The van der Waals surface area contributed by atoms with Gasteiger partial charge in [0.15, 0.2) is 5.78 Å². The number of benzene rings is 1. The van der Waals surface area contributed by atoms with Crippen molar-refractivity contribution < 1.29 is 28.6 Å². The molecule has 1 amide bonds. The van der Waals surface area contributed by atoms with Crippen LogP contribution in [0, 0.1) is 6.92 Å². The number of hydrogen-bond donors (Lipinski definition) is 2. The van der Waals surface area contributed by atoms with E-state index in [0.29, 0.717) is 0 Å². The number of furan rings is 1. The van der Waals surface area contributed by atoms with Crippen LogP contribution in [0.3, 0.4) is 0 Å². The van der Waals surface area contributed by atoms with Crippen LogP contribution < -0.4 is 5.32 Å². The van der Waals surface area contributed by atoms with Crippen LogP contribution in [0.5, 0.6) is 0 Å². The van der Waals surface area contributed by atoms with Crippen LogP contribution in [-0.4, -0.2) is 23.0 Å². The summed E-state index contributed by atoms with van der Waals surface area (Å²) in [6.07, 6.45) is -0.875. The molecule has 23 heavy (non-hydrogen) atoms. The Kier molecular flexibility index (Phi) is 4.80. The van der Waals surface area contributed by atoms with Gasteiger partial charge in [-0.05, 0) is 19.4 Å². The molecule has 0 bridgehead atoms. The van der Waals surface area contributed by atoms with Crippen molar-refractivity contribution in [3.05, 3.63) is 52.8 Å². The Labute approximate surface area is 131 Å². The number of carbonyl (C=O) groups is 3. The maximum absolute atomic E-state index is 11.8. The van der Waals surface area contributed by atoms with E-state index in [2.05, 4.69) is 5.32 Å². The van der Waals surface area contributed by atoms with E-state index in [1.54, 1.807) is 24.3 Å². The lowest BCUT2D eigenvalue weighted by atomic mass is 10.1. The fraction of sp³-hybridized carbons (Fsp3) is 0.188. The van der Waals surface area contributed by atoms with Crippen molar-refractivity contribution in [2.75, 3.05) is 5.32 Å². The predicted molar refractivity (Wildman–Crippen MR) is 80.7 cm³/mol. The molecule has 0 spiro atoms. The van der Waals surface area contributed by atoms with Gasteiger partial charge in [0.05, 0.1) is 5.56 Å². The van der Waals surface area contributed by atoms with E-state index in [1.807, 2.05) is 6.07 Å². The number of nitrogens with one attached hydrogen (secondary N) is 1. The van der Waals surface area contributed by atoms with Crippen molar-refractivity contribution in [2.24, 2.45) is 0 Å². The van der Waals surface area contributed by atoms with Crippen molar-refractivity contribution in [2.45, 2.75) is 20.5 Å². The summed E-state index contributed by atoms with van der Waals surface area (Å²) in [6, 6.07) is 8.99. The molecule has 120 valence electrons. The fourth-order valence-corrected chi connectivity index (χ4v) is 2.11. The van der Waals surface area contributed by atoms with Gasteiger partial charge < -0.3 is 14.3 Å². The molecule has 7 heteroatoms. The molecule has 0 radical (unpaired) electrons. The molecule has 0 saturated heterocycles. The number of amides is 1. The number of ether oxygens (including phenoxy) is 1. The Morgan fingerprint density at radius 2 is 1.83 bits per heavy atom. The molecule has 0 aliphatic rings. The minimum atomic E-state index is -1.37. The minimum absolute atomic E-state index is 0.0222. The van der Waals surface area contributed by atoms with Crippen LogP contribution >= 0.6 is 0 Å². The summed E-state index contributed by atoms with van der Waals surface area (Å²) in [5, 5.41) is 11.4. The molecule has 7 nitrogen and oxygen atoms in total. The van der Waals surface area contributed by atoms with E-state index in [1.165, 1.54) is 13.8 Å². The van der Waals surface area contributed by atoms with Crippen LogP contribution in [0.1, 0.15) is 39.0 Å². The van der Waals surface area contributed by atoms with Crippen molar-refractivity contribution in [1.29, 1.82) is 0 Å². The standard InChI is InChI=1S/C16H15NO6/c1-9(18)12-10(2)23-14(13(12)15(19)20)17-16(21)22-8-11-6-4-3-5-7-11/h3-7H,8H2,1-2H3,(H,17,21)(H,19,20). The zero-order valence-corrected chi connectivity index (χ0v) is 12.6. The first-order chi connectivity index (χ1) is 10.9. The van der Waals surface area contributed by atoms with Gasteiger partial charge in [-0.2, -0.15) is 0 Å². The lowest BCUT2D eigenvalue weighted by Gasteiger charge is -2.06. The summed E-state index contributed by atoms with van der Waals surface area (Å²) >= 11 is 0. The number of aromatic carboxylic acids is 1. The Balaban J connectivity index is 2.13. The zero-order chi connectivity index (χ0) is 17.0. The molecule has 2 rings (SSSR count). The summed E-state index contributed by atoms with van der Waals surface area (Å²) in [6.45, 7) is 2.69. The maximum atomic E-state index is 11.8. The molecule has 2 aromatic rings. The van der Waals surface area contributed by atoms with Gasteiger partial charge in [-0.3, -0.25) is 10.1 Å². The Morgan fingerprint density at radius 1 is 1.17 bits per heavy atom. The van der Waals surface area contributed by atoms with Gasteiger partial charge in [0.2, 0.25) is 5.88 Å². The highest BCUT2D eigenvalue weighted by atomic mass is 16.6. The number of ketones is 1. The Hall–Kier alpha value is -3.09. The monoisotopic (exact) mass is 317 g/mol. The second kappa shape index (κ2) is 6.78. The highest BCUT2D eigenvalue weighted by Crippen LogP contribution is 2.27. The van der Waals surface area contributed by atoms with E-state index in [9.17, 15) is 19.5 Å². The third-order valence-corrected chi connectivity index (χ3v) is 3.08. The van der Waals surface area contributed by atoms with Crippen molar-refractivity contribution in [3.8, 4) is 0 Å². The Bertz CT molecular complexity index is 747. The molecule has 0 saturated carbocycles. The molecule has 0 atom stereocenters. The number of carboxylic acids is 1. The number of carbonyl (C=O) groups excluding carboxylic acids is 2. The van der Waals surface area contributed by atoms with Gasteiger partial charge in [0, 0.05) is 0 Å². The third kappa shape index (κ3) is 3.76. The maximum Gasteiger partial charge on any atom is 0.414 e. The first-order valence-corrected chi connectivity index (χ1v) is 6.75. The summed E-state index contributed by atoms with van der Waals surface area (Å²) < 4.78 is 10.2. The topological polar surface area (TPSA) is 106 Å². The van der Waals surface area contributed by atoms with Gasteiger partial charge in [-0.15, -0.1) is 0 Å². The highest BCUT2D eigenvalue weighted by Gasteiger charge is 2.27. The summed E-state index contributed by atoms with van der Waals surface area (Å²) in [5.74, 6) is -2.04. The van der Waals surface area contributed by atoms with Crippen LogP contribution in [0.4, 0.5) is 10.7 Å². The molecular formula is C16H15NO6. The van der Waals surface area contributed by atoms with Gasteiger partial charge >= 0.3 is 12.1 Å². The Morgan fingerprint density at radius 3 is 2.39 bits per heavy atom. The van der Waals surface area contributed by atoms with Crippen molar-refractivity contribution in [1.82, 2.24) is 0 Å². The third-order valence-electron chi connectivity index (χ3n) is 3.08. The summed E-state index contributed by atoms with van der Waals surface area (Å²) in [4.78, 5) is 34.6. The second-order valence-electron chi connectivity index (χ2n) is 4.79. The van der Waals surface area contributed by atoms with Crippen LogP contribution in [0.2, 0.25) is 0 Å². The van der Waals surface area contributed by atoms with Gasteiger partial charge in [0.1, 0.15) is 17.9 Å². The summed E-state index contributed by atoms with van der Waals surface area (Å²) in [5.41, 5.74) is 0.323. The largest absolute Gasteiger partial charge is 0.477 e. The summed E-state index contributed by atoms with van der Waals surface area (Å²) in [7, 11) is 0. The van der Waals surface area contributed by atoms with Crippen LogP contribution in [0.25, 0.3) is 0 Å². The number of Topliss-reactive ketones (excluding diaryl/α,β-unsaturated/α-hetero) is 1. The van der Waals surface area contributed by atoms with Gasteiger partial charge in [0.25, 0.3) is 0 Å². The second-order valence-corrected chi connectivity index (χ2v) is 4.79. The average Bonchev–Trinajstić information content (AvgIpc) is 2.82. The number of aryl methyl sites for hydroxylation is 1. The molecule has 0 aliphatic heterocycles. The van der Waals surface area contributed by atoms with E-state index in [4.69, 9.17) is 9.15 Å². The molecule has 1 aromatic carbocycles. The van der Waals surface area contributed by atoms with Crippen LogP contribution in [0.15, 0.2) is 34.7 Å². The molecular weight excluding hydrogens is 302 g/mol. The van der Waals surface area contributed by atoms with E-state index < -0.39 is 17.8 Å². The molecule has 0 fully saturated rings. The lowest BCUT2D eigenvalue weighted by Crippen LogP contribution is -2.16. The molecule has 1 heterocycles. The van der Waals surface area contributed by atoms with Crippen molar-refractivity contribution in [3.63, 3.8) is 0 Å². The predicted octanol–water partition coefficient (Wildman–Crippen LogP) is 3.24. The van der Waals surface area contributed by atoms with E-state index >= 15 is 0 Å². The number of carboxylic acid groups (broad SMARTS) is 1. The molecule has 2 N–H and O–H groups in total. The quantitative estimate of drug-likeness (QED) is 0.820. The van der Waals surface area contributed by atoms with Gasteiger partial charge in [-0.25, -0.2) is 9.59 Å².